The molecule has 0 saturated carbocycles. The van der Waals surface area contributed by atoms with Crippen LogP contribution in [0.1, 0.15) is 24.0 Å². The zero-order valence-electron chi connectivity index (χ0n) is 20.8. The second-order valence-corrected chi connectivity index (χ2v) is 9.31. The van der Waals surface area contributed by atoms with Gasteiger partial charge in [-0.15, -0.1) is 0 Å². The summed E-state index contributed by atoms with van der Waals surface area (Å²) in [5.41, 5.74) is 8.18. The Kier molecular flexibility index (Phi) is 10.1. The van der Waals surface area contributed by atoms with E-state index in [0.717, 1.165) is 89.8 Å². The zero-order valence-corrected chi connectivity index (χ0v) is 20.8. The molecule has 1 fully saturated rings. The zero-order chi connectivity index (χ0) is 24.1. The van der Waals surface area contributed by atoms with E-state index in [0.29, 0.717) is 0 Å². The fraction of sp³-hybridized carbons (Fsp3) is 0.414. The van der Waals surface area contributed by atoms with Crippen LogP contribution in [-0.4, -0.2) is 72.0 Å². The highest BCUT2D eigenvalue weighted by Gasteiger charge is 2.16. The molecule has 6 heteroatoms. The molecular formula is C29H39N5O. The van der Waals surface area contributed by atoms with Gasteiger partial charge >= 0.3 is 0 Å². The van der Waals surface area contributed by atoms with E-state index in [1.165, 1.54) is 11.1 Å². The number of hydrogen-bond acceptors (Lipinski definition) is 6. The second kappa shape index (κ2) is 14.0. The van der Waals surface area contributed by atoms with Gasteiger partial charge in [-0.3, -0.25) is 9.88 Å². The SMILES string of the molecule is NCCCN1CCN(CCCN(Cc2cccnc2)Cc2cccc(Oc3ccccc3)c2)CC1. The minimum absolute atomic E-state index is 0.786. The van der Waals surface area contributed by atoms with Gasteiger partial charge < -0.3 is 20.3 Å². The van der Waals surface area contributed by atoms with E-state index in [1.807, 2.05) is 54.9 Å². The molecule has 35 heavy (non-hydrogen) atoms. The van der Waals surface area contributed by atoms with Crippen molar-refractivity contribution in [3.05, 3.63) is 90.3 Å². The van der Waals surface area contributed by atoms with Crippen molar-refractivity contribution in [3.63, 3.8) is 0 Å². The minimum Gasteiger partial charge on any atom is -0.457 e. The molecule has 186 valence electrons. The first-order valence-electron chi connectivity index (χ1n) is 12.9. The molecule has 1 aromatic heterocycles. The first kappa shape index (κ1) is 25.3. The fourth-order valence-corrected chi connectivity index (χ4v) is 4.62. The Hall–Kier alpha value is -2.77. The molecule has 0 aliphatic carbocycles. The molecule has 0 unspecified atom stereocenters. The summed E-state index contributed by atoms with van der Waals surface area (Å²) in [6.45, 7) is 10.5. The molecule has 4 rings (SSSR count). The lowest BCUT2D eigenvalue weighted by Crippen LogP contribution is -2.47. The second-order valence-electron chi connectivity index (χ2n) is 9.31. The van der Waals surface area contributed by atoms with Gasteiger partial charge in [0.1, 0.15) is 11.5 Å². The summed E-state index contributed by atoms with van der Waals surface area (Å²) in [6, 6.07) is 22.6. The van der Waals surface area contributed by atoms with Gasteiger partial charge in [-0.2, -0.15) is 0 Å². The van der Waals surface area contributed by atoms with Crippen LogP contribution < -0.4 is 10.5 Å². The van der Waals surface area contributed by atoms with E-state index in [4.69, 9.17) is 10.5 Å². The van der Waals surface area contributed by atoms with Gasteiger partial charge in [0, 0.05) is 58.2 Å². The third-order valence-electron chi connectivity index (χ3n) is 6.50. The van der Waals surface area contributed by atoms with Crippen LogP contribution in [0.15, 0.2) is 79.1 Å². The van der Waals surface area contributed by atoms with E-state index >= 15 is 0 Å². The van der Waals surface area contributed by atoms with Crippen molar-refractivity contribution in [1.29, 1.82) is 0 Å². The molecule has 0 atom stereocenters. The first-order valence-corrected chi connectivity index (χ1v) is 12.9. The Balaban J connectivity index is 1.32. The van der Waals surface area contributed by atoms with Gasteiger partial charge in [-0.05, 0) is 73.9 Å². The summed E-state index contributed by atoms with van der Waals surface area (Å²) in [6.07, 6.45) is 6.07. The maximum Gasteiger partial charge on any atom is 0.127 e. The number of aromatic nitrogens is 1. The topological polar surface area (TPSA) is 57.9 Å². The number of pyridine rings is 1. The minimum atomic E-state index is 0.786. The first-order chi connectivity index (χ1) is 17.3. The van der Waals surface area contributed by atoms with Crippen LogP contribution in [-0.2, 0) is 13.1 Å². The van der Waals surface area contributed by atoms with Gasteiger partial charge in [0.05, 0.1) is 0 Å². The van der Waals surface area contributed by atoms with Crippen molar-refractivity contribution in [2.75, 3.05) is 52.4 Å². The Morgan fingerprint density at radius 1 is 0.771 bits per heavy atom. The fourth-order valence-electron chi connectivity index (χ4n) is 4.62. The molecule has 1 saturated heterocycles. The number of benzene rings is 2. The molecule has 0 bridgehead atoms. The lowest BCUT2D eigenvalue weighted by molar-refractivity contribution is 0.125. The summed E-state index contributed by atoms with van der Waals surface area (Å²) in [5.74, 6) is 1.74. The number of nitrogens with zero attached hydrogens (tertiary/aromatic N) is 4. The van der Waals surface area contributed by atoms with Crippen molar-refractivity contribution in [1.82, 2.24) is 19.7 Å². The largest absolute Gasteiger partial charge is 0.457 e. The standard InChI is InChI=1S/C29H39N5O/c30-13-6-15-32-18-20-33(21-19-32)16-7-17-34(25-27-9-5-14-31-23-27)24-26-8-4-12-29(22-26)35-28-10-2-1-3-11-28/h1-5,8-12,14,22-23H,6-7,13,15-21,24-25,30H2. The summed E-state index contributed by atoms with van der Waals surface area (Å²) in [5, 5.41) is 0. The molecule has 0 spiro atoms. The van der Waals surface area contributed by atoms with Crippen LogP contribution >= 0.6 is 0 Å². The lowest BCUT2D eigenvalue weighted by atomic mass is 10.1. The number of rotatable bonds is 13. The summed E-state index contributed by atoms with van der Waals surface area (Å²) in [7, 11) is 0. The van der Waals surface area contributed by atoms with Crippen LogP contribution in [0.3, 0.4) is 0 Å². The Labute approximate surface area is 210 Å². The normalized spacial score (nSPS) is 14.9. The van der Waals surface area contributed by atoms with E-state index in [-0.39, 0.29) is 0 Å². The number of nitrogens with two attached hydrogens (primary N) is 1. The predicted molar refractivity (Wildman–Crippen MR) is 142 cm³/mol. The molecule has 3 aromatic rings. The molecule has 1 aliphatic rings. The predicted octanol–water partition coefficient (Wildman–Crippen LogP) is 4.23. The highest BCUT2D eigenvalue weighted by molar-refractivity contribution is 5.33. The molecule has 0 radical (unpaired) electrons. The maximum atomic E-state index is 6.07. The number of piperazine rings is 1. The number of para-hydroxylation sites is 1. The Morgan fingerprint density at radius 2 is 1.46 bits per heavy atom. The van der Waals surface area contributed by atoms with Crippen molar-refractivity contribution in [3.8, 4) is 11.5 Å². The third kappa shape index (κ3) is 8.75. The quantitative estimate of drug-likeness (QED) is 0.401. The summed E-state index contributed by atoms with van der Waals surface area (Å²) < 4.78 is 6.07. The lowest BCUT2D eigenvalue weighted by Gasteiger charge is -2.35. The van der Waals surface area contributed by atoms with Crippen LogP contribution in [0.5, 0.6) is 11.5 Å². The average Bonchev–Trinajstić information content (AvgIpc) is 2.89. The molecule has 1 aliphatic heterocycles. The van der Waals surface area contributed by atoms with Crippen molar-refractivity contribution in [2.45, 2.75) is 25.9 Å². The smallest absolute Gasteiger partial charge is 0.127 e. The van der Waals surface area contributed by atoms with Gasteiger partial charge in [-0.25, -0.2) is 0 Å². The van der Waals surface area contributed by atoms with Crippen LogP contribution in [0.4, 0.5) is 0 Å². The molecular weight excluding hydrogens is 434 g/mol. The van der Waals surface area contributed by atoms with Gasteiger partial charge in [0.15, 0.2) is 0 Å². The van der Waals surface area contributed by atoms with E-state index in [2.05, 4.69) is 43.9 Å². The highest BCUT2D eigenvalue weighted by atomic mass is 16.5. The molecule has 2 aromatic carbocycles. The van der Waals surface area contributed by atoms with Crippen molar-refractivity contribution >= 4 is 0 Å². The monoisotopic (exact) mass is 473 g/mol. The van der Waals surface area contributed by atoms with Crippen LogP contribution in [0, 0.1) is 0 Å². The van der Waals surface area contributed by atoms with E-state index < -0.39 is 0 Å². The number of ether oxygens (including phenoxy) is 1. The Morgan fingerprint density at radius 3 is 2.17 bits per heavy atom. The number of hydrogen-bond donors (Lipinski definition) is 1. The Bertz CT molecular complexity index is 977. The molecule has 2 heterocycles. The van der Waals surface area contributed by atoms with Crippen LogP contribution in [0.25, 0.3) is 0 Å². The summed E-state index contributed by atoms with van der Waals surface area (Å²) in [4.78, 5) is 12.0. The molecule has 2 N–H and O–H groups in total. The maximum absolute atomic E-state index is 6.07. The molecule has 0 amide bonds. The van der Waals surface area contributed by atoms with E-state index in [9.17, 15) is 0 Å². The average molecular weight is 474 g/mol. The van der Waals surface area contributed by atoms with E-state index in [1.54, 1.807) is 0 Å². The molecule has 6 nitrogen and oxygen atoms in total. The third-order valence-corrected chi connectivity index (χ3v) is 6.50. The van der Waals surface area contributed by atoms with Gasteiger partial charge in [-0.1, -0.05) is 36.4 Å². The van der Waals surface area contributed by atoms with Crippen molar-refractivity contribution < 1.29 is 4.74 Å². The van der Waals surface area contributed by atoms with Gasteiger partial charge in [0.25, 0.3) is 0 Å². The van der Waals surface area contributed by atoms with Gasteiger partial charge in [0.2, 0.25) is 0 Å². The van der Waals surface area contributed by atoms with Crippen molar-refractivity contribution in [2.24, 2.45) is 5.73 Å². The highest BCUT2D eigenvalue weighted by Crippen LogP contribution is 2.23. The van der Waals surface area contributed by atoms with Crippen LogP contribution in [0.2, 0.25) is 0 Å². The summed E-state index contributed by atoms with van der Waals surface area (Å²) >= 11 is 0.